The van der Waals surface area contributed by atoms with E-state index in [2.05, 4.69) is 15.0 Å². The molecule has 0 aliphatic carbocycles. The Morgan fingerprint density at radius 1 is 1.17 bits per heavy atom. The van der Waals surface area contributed by atoms with Crippen LogP contribution in [0.3, 0.4) is 0 Å². The Morgan fingerprint density at radius 2 is 1.92 bits per heavy atom. The summed E-state index contributed by atoms with van der Waals surface area (Å²) in [6, 6.07) is 11.0. The third kappa shape index (κ3) is 5.12. The van der Waals surface area contributed by atoms with Gasteiger partial charge in [-0.2, -0.15) is 0 Å². The number of aromatic nitrogens is 1. The molecule has 128 valence electrons. The highest BCUT2D eigenvalue weighted by atomic mass is 32.2. The van der Waals surface area contributed by atoms with E-state index in [1.165, 1.54) is 24.3 Å². The molecule has 1 amide bonds. The Kier molecular flexibility index (Phi) is 6.42. The quantitative estimate of drug-likeness (QED) is 0.691. The zero-order valence-corrected chi connectivity index (χ0v) is 14.0. The first-order valence-corrected chi connectivity index (χ1v) is 8.78. The summed E-state index contributed by atoms with van der Waals surface area (Å²) in [5.74, 6) is -0.280. The number of rotatable bonds is 8. The molecular formula is C16H19N3O4S. The van der Waals surface area contributed by atoms with Crippen molar-refractivity contribution in [3.8, 4) is 0 Å². The molecule has 7 nitrogen and oxygen atoms in total. The van der Waals surface area contributed by atoms with Crippen LogP contribution in [0.1, 0.15) is 16.1 Å². The highest BCUT2D eigenvalue weighted by Crippen LogP contribution is 2.11. The number of nitrogens with one attached hydrogen (secondary N) is 2. The van der Waals surface area contributed by atoms with Crippen molar-refractivity contribution in [2.75, 3.05) is 20.3 Å². The number of methoxy groups -OCH3 is 1. The Bertz CT molecular complexity index is 762. The number of hydrogen-bond acceptors (Lipinski definition) is 5. The number of pyridine rings is 1. The topological polar surface area (TPSA) is 97.4 Å². The number of hydrogen-bond donors (Lipinski definition) is 2. The van der Waals surface area contributed by atoms with Crippen LogP contribution in [0.5, 0.6) is 0 Å². The fraction of sp³-hybridized carbons (Fsp3) is 0.250. The van der Waals surface area contributed by atoms with E-state index in [9.17, 15) is 13.2 Å². The molecule has 8 heteroatoms. The minimum atomic E-state index is -3.66. The first-order chi connectivity index (χ1) is 11.5. The third-order valence-corrected chi connectivity index (χ3v) is 4.61. The molecule has 2 rings (SSSR count). The fourth-order valence-corrected chi connectivity index (χ4v) is 2.91. The average molecular weight is 349 g/mol. The van der Waals surface area contributed by atoms with Gasteiger partial charge in [-0.25, -0.2) is 13.1 Å². The molecular weight excluding hydrogens is 330 g/mol. The van der Waals surface area contributed by atoms with Gasteiger partial charge in [-0.05, 0) is 36.4 Å². The van der Waals surface area contributed by atoms with Crippen LogP contribution in [0.2, 0.25) is 0 Å². The van der Waals surface area contributed by atoms with Crippen LogP contribution in [-0.4, -0.2) is 39.6 Å². The van der Waals surface area contributed by atoms with Crippen LogP contribution >= 0.6 is 0 Å². The molecule has 0 saturated heterocycles. The molecule has 1 aromatic heterocycles. The lowest BCUT2D eigenvalue weighted by molar-refractivity contribution is 0.0937. The third-order valence-electron chi connectivity index (χ3n) is 3.19. The van der Waals surface area contributed by atoms with E-state index < -0.39 is 10.0 Å². The lowest BCUT2D eigenvalue weighted by Crippen LogP contribution is -2.27. The number of carbonyl (C=O) groups excluding carboxylic acids is 1. The molecule has 1 heterocycles. The van der Waals surface area contributed by atoms with Gasteiger partial charge in [0, 0.05) is 25.4 Å². The van der Waals surface area contributed by atoms with Crippen molar-refractivity contribution >= 4 is 15.9 Å². The number of sulfonamides is 1. The predicted molar refractivity (Wildman–Crippen MR) is 88.9 cm³/mol. The van der Waals surface area contributed by atoms with Gasteiger partial charge in [-0.15, -0.1) is 0 Å². The van der Waals surface area contributed by atoms with Gasteiger partial charge < -0.3 is 10.1 Å². The molecule has 2 N–H and O–H groups in total. The van der Waals surface area contributed by atoms with E-state index in [4.69, 9.17) is 4.74 Å². The largest absolute Gasteiger partial charge is 0.383 e. The zero-order valence-electron chi connectivity index (χ0n) is 13.2. The number of benzene rings is 1. The number of nitrogens with zero attached hydrogens (tertiary/aromatic N) is 1. The van der Waals surface area contributed by atoms with Crippen molar-refractivity contribution in [2.24, 2.45) is 0 Å². The van der Waals surface area contributed by atoms with Gasteiger partial charge in [0.25, 0.3) is 5.91 Å². The molecule has 0 unspecified atom stereocenters. The smallest absolute Gasteiger partial charge is 0.251 e. The lowest BCUT2D eigenvalue weighted by atomic mass is 10.2. The Hall–Kier alpha value is -2.29. The minimum Gasteiger partial charge on any atom is -0.383 e. The Morgan fingerprint density at radius 3 is 2.54 bits per heavy atom. The van der Waals surface area contributed by atoms with Gasteiger partial charge >= 0.3 is 0 Å². The van der Waals surface area contributed by atoms with Crippen molar-refractivity contribution < 1.29 is 17.9 Å². The summed E-state index contributed by atoms with van der Waals surface area (Å²) in [5, 5.41) is 2.67. The molecule has 0 bridgehead atoms. The van der Waals surface area contributed by atoms with Gasteiger partial charge in [0.2, 0.25) is 10.0 Å². The molecule has 0 saturated carbocycles. The molecule has 0 aliphatic heterocycles. The molecule has 0 spiro atoms. The maximum absolute atomic E-state index is 12.2. The van der Waals surface area contributed by atoms with Gasteiger partial charge in [-0.1, -0.05) is 6.07 Å². The number of amides is 1. The molecule has 2 aromatic rings. The van der Waals surface area contributed by atoms with Crippen molar-refractivity contribution in [1.82, 2.24) is 15.0 Å². The van der Waals surface area contributed by atoms with Crippen LogP contribution in [-0.2, 0) is 21.3 Å². The van der Waals surface area contributed by atoms with Crippen molar-refractivity contribution in [3.05, 3.63) is 59.9 Å². The second kappa shape index (κ2) is 8.53. The second-order valence-corrected chi connectivity index (χ2v) is 6.69. The van der Waals surface area contributed by atoms with Gasteiger partial charge in [0.1, 0.15) is 0 Å². The van der Waals surface area contributed by atoms with E-state index in [-0.39, 0.29) is 17.3 Å². The second-order valence-electron chi connectivity index (χ2n) is 4.92. The molecule has 0 aliphatic rings. The van der Waals surface area contributed by atoms with Crippen LogP contribution in [0.25, 0.3) is 0 Å². The van der Waals surface area contributed by atoms with Crippen molar-refractivity contribution in [2.45, 2.75) is 11.4 Å². The standard InChI is InChI=1S/C16H19N3O4S/c1-23-11-10-18-16(20)13-5-7-15(8-6-13)24(21,22)19-12-14-4-2-3-9-17-14/h2-9,19H,10-12H2,1H3,(H,18,20). The maximum atomic E-state index is 12.2. The Balaban J connectivity index is 1.99. The maximum Gasteiger partial charge on any atom is 0.251 e. The zero-order chi connectivity index (χ0) is 17.4. The van der Waals surface area contributed by atoms with Crippen molar-refractivity contribution in [1.29, 1.82) is 0 Å². The molecule has 1 aromatic carbocycles. The van der Waals surface area contributed by atoms with E-state index >= 15 is 0 Å². The van der Waals surface area contributed by atoms with Gasteiger partial charge in [-0.3, -0.25) is 9.78 Å². The average Bonchev–Trinajstić information content (AvgIpc) is 2.61. The molecule has 0 atom stereocenters. The van der Waals surface area contributed by atoms with Crippen LogP contribution in [0, 0.1) is 0 Å². The van der Waals surface area contributed by atoms with Gasteiger partial charge in [0.15, 0.2) is 0 Å². The fourth-order valence-electron chi connectivity index (χ4n) is 1.91. The van der Waals surface area contributed by atoms with E-state index in [0.29, 0.717) is 24.4 Å². The predicted octanol–water partition coefficient (Wildman–Crippen LogP) is 0.936. The summed E-state index contributed by atoms with van der Waals surface area (Å²) in [6.45, 7) is 0.902. The van der Waals surface area contributed by atoms with E-state index in [1.807, 2.05) is 0 Å². The molecule has 24 heavy (non-hydrogen) atoms. The highest BCUT2D eigenvalue weighted by Gasteiger charge is 2.15. The molecule has 0 radical (unpaired) electrons. The summed E-state index contributed by atoms with van der Waals surface area (Å²) in [5.41, 5.74) is 1.00. The first-order valence-electron chi connectivity index (χ1n) is 7.30. The van der Waals surface area contributed by atoms with Crippen LogP contribution in [0.4, 0.5) is 0 Å². The van der Waals surface area contributed by atoms with Crippen LogP contribution < -0.4 is 10.0 Å². The summed E-state index contributed by atoms with van der Waals surface area (Å²) in [4.78, 5) is 16.0. The van der Waals surface area contributed by atoms with E-state index in [0.717, 1.165) is 0 Å². The first kappa shape index (κ1) is 18.1. The normalized spacial score (nSPS) is 11.2. The molecule has 0 fully saturated rings. The monoisotopic (exact) mass is 349 g/mol. The summed E-state index contributed by atoms with van der Waals surface area (Å²) < 4.78 is 31.8. The number of carbonyl (C=O) groups is 1. The highest BCUT2D eigenvalue weighted by molar-refractivity contribution is 7.89. The summed E-state index contributed by atoms with van der Waals surface area (Å²) in [7, 11) is -2.12. The van der Waals surface area contributed by atoms with E-state index in [1.54, 1.807) is 31.5 Å². The Labute approximate surface area is 141 Å². The lowest BCUT2D eigenvalue weighted by Gasteiger charge is -2.08. The van der Waals surface area contributed by atoms with Gasteiger partial charge in [0.05, 0.1) is 23.7 Å². The summed E-state index contributed by atoms with van der Waals surface area (Å²) in [6.07, 6.45) is 1.60. The minimum absolute atomic E-state index is 0.0897. The summed E-state index contributed by atoms with van der Waals surface area (Å²) >= 11 is 0. The van der Waals surface area contributed by atoms with Crippen molar-refractivity contribution in [3.63, 3.8) is 0 Å². The number of ether oxygens (including phenoxy) is 1. The van der Waals surface area contributed by atoms with Crippen LogP contribution in [0.15, 0.2) is 53.6 Å². The SMILES string of the molecule is COCCNC(=O)c1ccc(S(=O)(=O)NCc2ccccn2)cc1.